The Kier molecular flexibility index (Phi) is 3.07. The molecule has 2 rings (SSSR count). The average molecular weight is 200 g/mol. The molecule has 0 aromatic heterocycles. The molecule has 0 aromatic carbocycles. The summed E-state index contributed by atoms with van der Waals surface area (Å²) in [4.78, 5) is 4.84. The van der Waals surface area contributed by atoms with E-state index in [1.165, 1.54) is 6.42 Å². The van der Waals surface area contributed by atoms with Gasteiger partial charge in [-0.1, -0.05) is 6.92 Å². The molecule has 3 heteroatoms. The molecule has 0 spiro atoms. The summed E-state index contributed by atoms with van der Waals surface area (Å²) < 4.78 is 13.2. The van der Waals surface area contributed by atoms with Crippen LogP contribution in [0.1, 0.15) is 26.7 Å². The van der Waals surface area contributed by atoms with E-state index in [-0.39, 0.29) is 0 Å². The summed E-state index contributed by atoms with van der Waals surface area (Å²) >= 11 is 0. The van der Waals surface area contributed by atoms with E-state index in [9.17, 15) is 4.39 Å². The summed E-state index contributed by atoms with van der Waals surface area (Å²) in [6.45, 7) is 8.45. The fraction of sp³-hybridized carbons (Fsp3) is 1.00. The van der Waals surface area contributed by atoms with Crippen LogP contribution < -0.4 is 0 Å². The van der Waals surface area contributed by atoms with Gasteiger partial charge in [-0.3, -0.25) is 9.80 Å². The molecule has 2 heterocycles. The van der Waals surface area contributed by atoms with Gasteiger partial charge in [0.15, 0.2) is 0 Å². The maximum atomic E-state index is 13.2. The predicted molar refractivity (Wildman–Crippen MR) is 56.2 cm³/mol. The second kappa shape index (κ2) is 4.15. The Hall–Kier alpha value is -0.150. The van der Waals surface area contributed by atoms with Crippen molar-refractivity contribution < 1.29 is 4.39 Å². The second-order valence-electron chi connectivity index (χ2n) is 4.73. The summed E-state index contributed by atoms with van der Waals surface area (Å²) in [5.41, 5.74) is 0. The van der Waals surface area contributed by atoms with Gasteiger partial charge in [0.25, 0.3) is 0 Å². The van der Waals surface area contributed by atoms with Crippen LogP contribution in [0.2, 0.25) is 0 Å². The highest BCUT2D eigenvalue weighted by molar-refractivity contribution is 4.92. The van der Waals surface area contributed by atoms with E-state index < -0.39 is 6.17 Å². The molecule has 2 aliphatic rings. The lowest BCUT2D eigenvalue weighted by atomic mass is 10.1. The molecule has 0 aromatic rings. The van der Waals surface area contributed by atoms with Gasteiger partial charge in [-0.25, -0.2) is 4.39 Å². The van der Waals surface area contributed by atoms with Gasteiger partial charge in [0, 0.05) is 38.3 Å². The minimum absolute atomic E-state index is 0.493. The monoisotopic (exact) mass is 200 g/mol. The van der Waals surface area contributed by atoms with E-state index in [2.05, 4.69) is 23.6 Å². The molecule has 0 bridgehead atoms. The van der Waals surface area contributed by atoms with Gasteiger partial charge in [0.05, 0.1) is 0 Å². The fourth-order valence-corrected chi connectivity index (χ4v) is 2.66. The second-order valence-corrected chi connectivity index (χ2v) is 4.73. The SMILES string of the molecule is CCC(C)N1CCN2CC(F)CC2C1. The van der Waals surface area contributed by atoms with Gasteiger partial charge in [-0.05, 0) is 19.8 Å². The number of piperazine rings is 1. The van der Waals surface area contributed by atoms with Crippen molar-refractivity contribution >= 4 is 0 Å². The van der Waals surface area contributed by atoms with E-state index in [0.29, 0.717) is 18.6 Å². The molecule has 3 atom stereocenters. The Morgan fingerprint density at radius 3 is 2.86 bits per heavy atom. The number of hydrogen-bond acceptors (Lipinski definition) is 2. The summed E-state index contributed by atoms with van der Waals surface area (Å²) in [7, 11) is 0. The normalized spacial score (nSPS) is 37.1. The molecular formula is C11H21FN2. The Labute approximate surface area is 86.1 Å². The van der Waals surface area contributed by atoms with Gasteiger partial charge >= 0.3 is 0 Å². The number of halogens is 1. The third-order valence-corrected chi connectivity index (χ3v) is 3.81. The lowest BCUT2D eigenvalue weighted by Gasteiger charge is -2.40. The average Bonchev–Trinajstić information content (AvgIpc) is 2.55. The van der Waals surface area contributed by atoms with Crippen LogP contribution in [0, 0.1) is 0 Å². The molecule has 3 unspecified atom stereocenters. The molecular weight excluding hydrogens is 179 g/mol. The van der Waals surface area contributed by atoms with E-state index in [0.717, 1.165) is 26.1 Å². The zero-order chi connectivity index (χ0) is 10.1. The molecule has 0 saturated carbocycles. The van der Waals surface area contributed by atoms with Crippen LogP contribution in [0.3, 0.4) is 0 Å². The van der Waals surface area contributed by atoms with Gasteiger partial charge in [-0.2, -0.15) is 0 Å². The standard InChI is InChI=1S/C11H21FN2/c1-3-9(2)13-4-5-14-7-10(12)6-11(14)8-13/h9-11H,3-8H2,1-2H3. The van der Waals surface area contributed by atoms with Crippen molar-refractivity contribution in [3.63, 3.8) is 0 Å². The molecule has 0 N–H and O–H groups in total. The lowest BCUT2D eigenvalue weighted by molar-refractivity contribution is 0.0755. The molecule has 2 saturated heterocycles. The number of rotatable bonds is 2. The van der Waals surface area contributed by atoms with Crippen LogP contribution in [-0.4, -0.2) is 54.2 Å². The van der Waals surface area contributed by atoms with Gasteiger partial charge in [0.1, 0.15) is 6.17 Å². The van der Waals surface area contributed by atoms with E-state index in [4.69, 9.17) is 0 Å². The van der Waals surface area contributed by atoms with Crippen molar-refractivity contribution in [2.24, 2.45) is 0 Å². The highest BCUT2D eigenvalue weighted by Crippen LogP contribution is 2.25. The summed E-state index contributed by atoms with van der Waals surface area (Å²) in [5, 5.41) is 0. The largest absolute Gasteiger partial charge is 0.298 e. The minimum Gasteiger partial charge on any atom is -0.298 e. The Morgan fingerprint density at radius 2 is 2.14 bits per heavy atom. The van der Waals surface area contributed by atoms with Crippen molar-refractivity contribution in [2.45, 2.75) is 44.9 Å². The van der Waals surface area contributed by atoms with Crippen molar-refractivity contribution in [2.75, 3.05) is 26.2 Å². The molecule has 2 nitrogen and oxygen atoms in total. The number of hydrogen-bond donors (Lipinski definition) is 0. The maximum absolute atomic E-state index is 13.2. The lowest BCUT2D eigenvalue weighted by Crippen LogP contribution is -2.52. The highest BCUT2D eigenvalue weighted by Gasteiger charge is 2.36. The fourth-order valence-electron chi connectivity index (χ4n) is 2.66. The number of alkyl halides is 1. The first-order chi connectivity index (χ1) is 6.70. The number of fused-ring (bicyclic) bond motifs is 1. The van der Waals surface area contributed by atoms with Crippen LogP contribution in [-0.2, 0) is 0 Å². The zero-order valence-electron chi connectivity index (χ0n) is 9.25. The molecule has 0 radical (unpaired) electrons. The first-order valence-corrected chi connectivity index (χ1v) is 5.83. The van der Waals surface area contributed by atoms with Crippen LogP contribution in [0.25, 0.3) is 0 Å². The van der Waals surface area contributed by atoms with Crippen LogP contribution >= 0.6 is 0 Å². The molecule has 2 fully saturated rings. The van der Waals surface area contributed by atoms with Crippen molar-refractivity contribution in [3.8, 4) is 0 Å². The third kappa shape index (κ3) is 1.94. The smallest absolute Gasteiger partial charge is 0.114 e. The van der Waals surface area contributed by atoms with Gasteiger partial charge in [-0.15, -0.1) is 0 Å². The maximum Gasteiger partial charge on any atom is 0.114 e. The Morgan fingerprint density at radius 1 is 1.36 bits per heavy atom. The van der Waals surface area contributed by atoms with Crippen LogP contribution in [0.4, 0.5) is 4.39 Å². The van der Waals surface area contributed by atoms with Crippen LogP contribution in [0.5, 0.6) is 0 Å². The van der Waals surface area contributed by atoms with Gasteiger partial charge in [0.2, 0.25) is 0 Å². The van der Waals surface area contributed by atoms with E-state index in [1.807, 2.05) is 0 Å². The predicted octanol–water partition coefficient (Wildman–Crippen LogP) is 1.51. The van der Waals surface area contributed by atoms with Gasteiger partial charge < -0.3 is 0 Å². The van der Waals surface area contributed by atoms with Crippen molar-refractivity contribution in [1.29, 1.82) is 0 Å². The Bertz CT molecular complexity index is 198. The highest BCUT2D eigenvalue weighted by atomic mass is 19.1. The van der Waals surface area contributed by atoms with E-state index in [1.54, 1.807) is 0 Å². The summed E-state index contributed by atoms with van der Waals surface area (Å²) in [6, 6.07) is 1.16. The third-order valence-electron chi connectivity index (χ3n) is 3.81. The zero-order valence-corrected chi connectivity index (χ0v) is 9.25. The summed E-state index contributed by atoms with van der Waals surface area (Å²) in [5.74, 6) is 0. The van der Waals surface area contributed by atoms with E-state index >= 15 is 0 Å². The molecule has 0 amide bonds. The first kappa shape index (κ1) is 10.4. The molecule has 82 valence electrons. The quantitative estimate of drug-likeness (QED) is 0.666. The van der Waals surface area contributed by atoms with Crippen molar-refractivity contribution in [3.05, 3.63) is 0 Å². The topological polar surface area (TPSA) is 6.48 Å². The van der Waals surface area contributed by atoms with Crippen molar-refractivity contribution in [1.82, 2.24) is 9.80 Å². The molecule has 14 heavy (non-hydrogen) atoms. The Balaban J connectivity index is 1.91. The molecule has 2 aliphatic heterocycles. The first-order valence-electron chi connectivity index (χ1n) is 5.83. The van der Waals surface area contributed by atoms with Crippen LogP contribution in [0.15, 0.2) is 0 Å². The molecule has 0 aliphatic carbocycles. The minimum atomic E-state index is -0.572. The number of nitrogens with zero attached hydrogens (tertiary/aromatic N) is 2. The summed E-state index contributed by atoms with van der Waals surface area (Å²) in [6.07, 6.45) is 1.38.